The predicted molar refractivity (Wildman–Crippen MR) is 121 cm³/mol. The van der Waals surface area contributed by atoms with Crippen molar-refractivity contribution in [2.45, 2.75) is 51.6 Å². The molecule has 1 amide bonds. The molecular weight excluding hydrogens is 439 g/mol. The van der Waals surface area contributed by atoms with E-state index < -0.39 is 11.7 Å². The molecule has 1 spiro atoms. The predicted octanol–water partition coefficient (Wildman–Crippen LogP) is 5.70. The minimum absolute atomic E-state index is 0.0202. The standard InChI is InChI=1S/C25H27FN4O4/c1-16-7-10-25(11-8-16)12-9-21(32-15-25)20-6-5-18(14-27-20)28-22(31)23-29-30-24(34-23)33-19-4-2-3-17(26)13-19/h2-6,13-14,16,21H,7-12,15H2,1H3,(H,28,31). The third-order valence-corrected chi connectivity index (χ3v) is 6.84. The van der Waals surface area contributed by atoms with Gasteiger partial charge in [0.05, 0.1) is 30.3 Å². The molecule has 1 aromatic carbocycles. The molecule has 3 aromatic rings. The highest BCUT2D eigenvalue weighted by Gasteiger charge is 2.39. The van der Waals surface area contributed by atoms with E-state index in [0.29, 0.717) is 11.1 Å². The zero-order valence-electron chi connectivity index (χ0n) is 19.0. The topological polar surface area (TPSA) is 99.4 Å². The number of nitrogens with zero attached hydrogens (tertiary/aromatic N) is 3. The lowest BCUT2D eigenvalue weighted by Crippen LogP contribution is -2.36. The van der Waals surface area contributed by atoms with E-state index in [-0.39, 0.29) is 23.8 Å². The molecule has 3 heterocycles. The van der Waals surface area contributed by atoms with Crippen LogP contribution in [0, 0.1) is 17.2 Å². The van der Waals surface area contributed by atoms with Crippen LogP contribution in [0.25, 0.3) is 0 Å². The van der Waals surface area contributed by atoms with Gasteiger partial charge in [-0.1, -0.05) is 36.0 Å². The second-order valence-corrected chi connectivity index (χ2v) is 9.38. The number of pyridine rings is 1. The summed E-state index contributed by atoms with van der Waals surface area (Å²) >= 11 is 0. The Balaban J connectivity index is 1.15. The van der Waals surface area contributed by atoms with Gasteiger partial charge in [-0.05, 0) is 61.3 Å². The van der Waals surface area contributed by atoms with E-state index in [1.165, 1.54) is 56.4 Å². The monoisotopic (exact) mass is 466 g/mol. The van der Waals surface area contributed by atoms with Crippen LogP contribution in [0.1, 0.15) is 67.9 Å². The van der Waals surface area contributed by atoms with Crippen molar-refractivity contribution in [3.05, 3.63) is 60.0 Å². The number of carbonyl (C=O) groups is 1. The van der Waals surface area contributed by atoms with Gasteiger partial charge in [0.1, 0.15) is 11.6 Å². The average Bonchev–Trinajstić information content (AvgIpc) is 3.31. The average molecular weight is 467 g/mol. The van der Waals surface area contributed by atoms with Crippen molar-refractivity contribution in [3.63, 3.8) is 0 Å². The molecule has 0 radical (unpaired) electrons. The summed E-state index contributed by atoms with van der Waals surface area (Å²) in [4.78, 5) is 16.9. The largest absolute Gasteiger partial charge is 0.420 e. The van der Waals surface area contributed by atoms with Gasteiger partial charge in [-0.25, -0.2) is 4.39 Å². The first kappa shape index (κ1) is 22.5. The molecule has 1 aliphatic carbocycles. The van der Waals surface area contributed by atoms with Crippen molar-refractivity contribution in [2.75, 3.05) is 11.9 Å². The van der Waals surface area contributed by atoms with Gasteiger partial charge in [0.2, 0.25) is 0 Å². The number of rotatable bonds is 5. The Morgan fingerprint density at radius 3 is 2.68 bits per heavy atom. The minimum Gasteiger partial charge on any atom is -0.410 e. The minimum atomic E-state index is -0.599. The molecule has 2 fully saturated rings. The van der Waals surface area contributed by atoms with Gasteiger partial charge in [-0.3, -0.25) is 9.78 Å². The quantitative estimate of drug-likeness (QED) is 0.515. The number of anilines is 1. The second-order valence-electron chi connectivity index (χ2n) is 9.38. The summed E-state index contributed by atoms with van der Waals surface area (Å²) in [7, 11) is 0. The van der Waals surface area contributed by atoms with Crippen molar-refractivity contribution < 1.29 is 23.1 Å². The first-order valence-corrected chi connectivity index (χ1v) is 11.6. The summed E-state index contributed by atoms with van der Waals surface area (Å²) in [5, 5.41) is 10.0. The highest BCUT2D eigenvalue weighted by Crippen LogP contribution is 2.47. The Morgan fingerprint density at radius 2 is 1.97 bits per heavy atom. The van der Waals surface area contributed by atoms with Crippen LogP contribution in [0.5, 0.6) is 11.8 Å². The first-order chi connectivity index (χ1) is 16.5. The maximum atomic E-state index is 13.3. The molecule has 1 unspecified atom stereocenters. The molecule has 5 rings (SSSR count). The Kier molecular flexibility index (Phi) is 6.28. The number of hydrogen-bond acceptors (Lipinski definition) is 7. The van der Waals surface area contributed by atoms with E-state index in [1.54, 1.807) is 12.3 Å². The van der Waals surface area contributed by atoms with Gasteiger partial charge in [-0.2, -0.15) is 0 Å². The van der Waals surface area contributed by atoms with Gasteiger partial charge in [0.15, 0.2) is 0 Å². The van der Waals surface area contributed by atoms with Crippen LogP contribution in [0.15, 0.2) is 47.0 Å². The molecule has 1 saturated carbocycles. The Hall–Kier alpha value is -3.33. The fraction of sp³-hybridized carbons (Fsp3) is 0.440. The van der Waals surface area contributed by atoms with Crippen LogP contribution in [-0.4, -0.2) is 27.7 Å². The molecule has 2 aromatic heterocycles. The summed E-state index contributed by atoms with van der Waals surface area (Å²) in [6.07, 6.45) is 8.53. The fourth-order valence-corrected chi connectivity index (χ4v) is 4.70. The van der Waals surface area contributed by atoms with Gasteiger partial charge in [0.25, 0.3) is 0 Å². The highest BCUT2D eigenvalue weighted by atomic mass is 19.1. The summed E-state index contributed by atoms with van der Waals surface area (Å²) < 4.78 is 30.0. The van der Waals surface area contributed by atoms with E-state index >= 15 is 0 Å². The summed E-state index contributed by atoms with van der Waals surface area (Å²) in [6, 6.07) is 9.11. The maximum absolute atomic E-state index is 13.3. The fourth-order valence-electron chi connectivity index (χ4n) is 4.70. The zero-order valence-corrected chi connectivity index (χ0v) is 19.0. The SMILES string of the molecule is CC1CCC2(CC1)CCC(c1ccc(NC(=O)c3nnc(Oc4cccc(F)c4)o3)cn1)OC2. The van der Waals surface area contributed by atoms with Crippen molar-refractivity contribution >= 4 is 11.6 Å². The van der Waals surface area contributed by atoms with Crippen LogP contribution in [-0.2, 0) is 4.74 Å². The number of ether oxygens (including phenoxy) is 2. The lowest BCUT2D eigenvalue weighted by Gasteiger charge is -2.44. The summed E-state index contributed by atoms with van der Waals surface area (Å²) in [5.41, 5.74) is 1.70. The molecule has 178 valence electrons. The van der Waals surface area contributed by atoms with Crippen molar-refractivity contribution in [3.8, 4) is 11.8 Å². The van der Waals surface area contributed by atoms with Crippen LogP contribution in [0.3, 0.4) is 0 Å². The summed E-state index contributed by atoms with van der Waals surface area (Å²) in [6.45, 7) is 3.13. The number of carbonyl (C=O) groups excluding carboxylic acids is 1. The maximum Gasteiger partial charge on any atom is 0.420 e. The van der Waals surface area contributed by atoms with Crippen molar-refractivity contribution in [2.24, 2.45) is 11.3 Å². The number of nitrogens with one attached hydrogen (secondary N) is 1. The molecular formula is C25H27FN4O4. The molecule has 34 heavy (non-hydrogen) atoms. The van der Waals surface area contributed by atoms with Gasteiger partial charge >= 0.3 is 17.9 Å². The van der Waals surface area contributed by atoms with E-state index in [9.17, 15) is 9.18 Å². The van der Waals surface area contributed by atoms with Crippen LogP contribution in [0.2, 0.25) is 0 Å². The van der Waals surface area contributed by atoms with Gasteiger partial charge in [-0.15, -0.1) is 0 Å². The highest BCUT2D eigenvalue weighted by molar-refractivity contribution is 6.00. The lowest BCUT2D eigenvalue weighted by atomic mass is 9.67. The van der Waals surface area contributed by atoms with Crippen LogP contribution >= 0.6 is 0 Å². The lowest BCUT2D eigenvalue weighted by molar-refractivity contribution is -0.0844. The number of halogens is 1. The third-order valence-electron chi connectivity index (χ3n) is 6.84. The van der Waals surface area contributed by atoms with Crippen molar-refractivity contribution in [1.82, 2.24) is 15.2 Å². The van der Waals surface area contributed by atoms with E-state index in [4.69, 9.17) is 13.9 Å². The number of amides is 1. The van der Waals surface area contributed by atoms with E-state index in [2.05, 4.69) is 27.4 Å². The summed E-state index contributed by atoms with van der Waals surface area (Å²) in [5.74, 6) is -0.332. The Bertz CT molecular complexity index is 1130. The number of hydrogen-bond donors (Lipinski definition) is 1. The molecule has 1 saturated heterocycles. The third kappa shape index (κ3) is 5.09. The van der Waals surface area contributed by atoms with E-state index in [1.807, 2.05) is 6.07 Å². The van der Waals surface area contributed by atoms with Crippen LogP contribution < -0.4 is 10.1 Å². The molecule has 8 nitrogen and oxygen atoms in total. The molecule has 0 bridgehead atoms. The molecule has 2 aliphatic rings. The Morgan fingerprint density at radius 1 is 1.15 bits per heavy atom. The molecule has 1 aliphatic heterocycles. The van der Waals surface area contributed by atoms with Crippen LogP contribution in [0.4, 0.5) is 10.1 Å². The van der Waals surface area contributed by atoms with Gasteiger partial charge in [0, 0.05) is 6.07 Å². The smallest absolute Gasteiger partial charge is 0.410 e. The normalized spacial score (nSPS) is 24.6. The van der Waals surface area contributed by atoms with Gasteiger partial charge < -0.3 is 19.2 Å². The molecule has 1 N–H and O–H groups in total. The number of benzene rings is 1. The second kappa shape index (κ2) is 9.50. The molecule has 1 atom stereocenters. The first-order valence-electron chi connectivity index (χ1n) is 11.6. The van der Waals surface area contributed by atoms with Crippen molar-refractivity contribution in [1.29, 1.82) is 0 Å². The molecule has 9 heteroatoms. The van der Waals surface area contributed by atoms with E-state index in [0.717, 1.165) is 24.6 Å². The number of aromatic nitrogens is 3. The zero-order chi connectivity index (χ0) is 23.5. The Labute approximate surface area is 196 Å².